The second kappa shape index (κ2) is 6.66. The van der Waals surface area contributed by atoms with Crippen molar-refractivity contribution in [3.63, 3.8) is 0 Å². The highest BCUT2D eigenvalue weighted by atomic mass is 32.2. The van der Waals surface area contributed by atoms with Crippen molar-refractivity contribution in [3.8, 4) is 6.07 Å². The second-order valence-corrected chi connectivity index (χ2v) is 5.87. The van der Waals surface area contributed by atoms with Crippen LogP contribution in [-0.4, -0.2) is 5.75 Å². The summed E-state index contributed by atoms with van der Waals surface area (Å²) in [5.74, 6) is 0.762. The molecule has 0 amide bonds. The van der Waals surface area contributed by atoms with E-state index >= 15 is 0 Å². The Kier molecular flexibility index (Phi) is 5.50. The molecule has 3 heteroatoms. The van der Waals surface area contributed by atoms with Crippen LogP contribution in [0.3, 0.4) is 0 Å². The molecule has 0 saturated carbocycles. The third kappa shape index (κ3) is 5.23. The zero-order chi connectivity index (χ0) is 12.7. The highest BCUT2D eigenvalue weighted by molar-refractivity contribution is 7.99. The number of nitrogens with zero attached hydrogens (tertiary/aromatic N) is 1. The van der Waals surface area contributed by atoms with E-state index in [1.54, 1.807) is 23.9 Å². The van der Waals surface area contributed by atoms with Crippen LogP contribution >= 0.6 is 11.8 Å². The van der Waals surface area contributed by atoms with Crippen LogP contribution in [0.25, 0.3) is 0 Å². The molecular weight excluding hydrogens is 233 g/mol. The fraction of sp³-hybridized carbons (Fsp3) is 0.500. The van der Waals surface area contributed by atoms with Gasteiger partial charge in [-0.05, 0) is 44.6 Å². The van der Waals surface area contributed by atoms with Crippen LogP contribution in [0.4, 0.5) is 4.39 Å². The Hall–Kier alpha value is -1.01. The number of hydrogen-bond donors (Lipinski definition) is 0. The van der Waals surface area contributed by atoms with E-state index in [1.807, 2.05) is 19.9 Å². The van der Waals surface area contributed by atoms with E-state index in [2.05, 4.69) is 6.07 Å². The van der Waals surface area contributed by atoms with Gasteiger partial charge in [0.25, 0.3) is 0 Å². The molecule has 17 heavy (non-hydrogen) atoms. The predicted octanol–water partition coefficient (Wildman–Crippen LogP) is 4.64. The van der Waals surface area contributed by atoms with Gasteiger partial charge >= 0.3 is 0 Å². The van der Waals surface area contributed by atoms with Crippen LogP contribution in [0.2, 0.25) is 0 Å². The van der Waals surface area contributed by atoms with Crippen LogP contribution in [-0.2, 0) is 0 Å². The van der Waals surface area contributed by atoms with E-state index in [9.17, 15) is 4.39 Å². The lowest BCUT2D eigenvalue weighted by molar-refractivity contribution is 0.433. The van der Waals surface area contributed by atoms with Gasteiger partial charge in [-0.2, -0.15) is 5.26 Å². The van der Waals surface area contributed by atoms with Crippen molar-refractivity contribution >= 4 is 11.8 Å². The first-order valence-corrected chi connectivity index (χ1v) is 6.82. The molecule has 1 nitrogen and oxygen atoms in total. The molecule has 0 radical (unpaired) electrons. The zero-order valence-electron chi connectivity index (χ0n) is 10.4. The molecule has 0 aliphatic rings. The van der Waals surface area contributed by atoms with E-state index in [0.29, 0.717) is 4.90 Å². The van der Waals surface area contributed by atoms with E-state index in [4.69, 9.17) is 5.26 Å². The molecule has 0 atom stereocenters. The Balaban J connectivity index is 2.22. The number of nitriles is 1. The number of thioether (sulfide) groups is 1. The Morgan fingerprint density at radius 1 is 1.29 bits per heavy atom. The number of rotatable bonds is 6. The highest BCUT2D eigenvalue weighted by Gasteiger charge is 2.15. The van der Waals surface area contributed by atoms with Gasteiger partial charge in [-0.15, -0.1) is 11.8 Å². The normalized spacial score (nSPS) is 11.2. The molecule has 1 aromatic rings. The predicted molar refractivity (Wildman–Crippen MR) is 70.4 cm³/mol. The van der Waals surface area contributed by atoms with Gasteiger partial charge in [-0.25, -0.2) is 4.39 Å². The highest BCUT2D eigenvalue weighted by Crippen LogP contribution is 2.25. The van der Waals surface area contributed by atoms with Gasteiger partial charge < -0.3 is 0 Å². The molecular formula is C14H18FNS. The minimum atomic E-state index is -0.233. The van der Waals surface area contributed by atoms with Crippen LogP contribution in [0.15, 0.2) is 29.2 Å². The molecule has 1 aromatic carbocycles. The quantitative estimate of drug-likeness (QED) is 0.543. The smallest absolute Gasteiger partial charge is 0.136 e. The molecule has 0 N–H and O–H groups in total. The first-order valence-electron chi connectivity index (χ1n) is 5.84. The van der Waals surface area contributed by atoms with Crippen molar-refractivity contribution in [2.24, 2.45) is 5.41 Å². The zero-order valence-corrected chi connectivity index (χ0v) is 11.2. The summed E-state index contributed by atoms with van der Waals surface area (Å²) in [5, 5.41) is 8.86. The molecule has 0 fully saturated rings. The van der Waals surface area contributed by atoms with Crippen molar-refractivity contribution in [1.82, 2.24) is 0 Å². The first kappa shape index (κ1) is 14.1. The lowest BCUT2D eigenvalue weighted by Crippen LogP contribution is -2.07. The lowest BCUT2D eigenvalue weighted by atomic mass is 9.89. The van der Waals surface area contributed by atoms with Crippen LogP contribution < -0.4 is 0 Å². The summed E-state index contributed by atoms with van der Waals surface area (Å²) in [6, 6.07) is 9.14. The average Bonchev–Trinajstić information content (AvgIpc) is 2.31. The van der Waals surface area contributed by atoms with E-state index in [1.165, 1.54) is 6.07 Å². The Morgan fingerprint density at radius 2 is 2.00 bits per heavy atom. The maximum Gasteiger partial charge on any atom is 0.136 e. The van der Waals surface area contributed by atoms with Gasteiger partial charge in [0.2, 0.25) is 0 Å². The van der Waals surface area contributed by atoms with Gasteiger partial charge in [0.05, 0.1) is 11.5 Å². The Labute approximate surface area is 107 Å². The summed E-state index contributed by atoms with van der Waals surface area (Å²) >= 11 is 1.55. The molecule has 0 saturated heterocycles. The second-order valence-electron chi connectivity index (χ2n) is 4.73. The Morgan fingerprint density at radius 3 is 2.65 bits per heavy atom. The maximum atomic E-state index is 13.3. The monoisotopic (exact) mass is 251 g/mol. The van der Waals surface area contributed by atoms with Gasteiger partial charge in [0.1, 0.15) is 5.82 Å². The fourth-order valence-electron chi connectivity index (χ4n) is 1.47. The molecule has 0 heterocycles. The number of hydrogen-bond acceptors (Lipinski definition) is 2. The van der Waals surface area contributed by atoms with Crippen molar-refractivity contribution < 1.29 is 4.39 Å². The molecule has 1 rings (SSSR count). The van der Waals surface area contributed by atoms with Crippen LogP contribution in [0.5, 0.6) is 0 Å². The first-order chi connectivity index (χ1) is 8.05. The summed E-state index contributed by atoms with van der Waals surface area (Å²) in [4.78, 5) is 0.715. The number of unbranched alkanes of at least 4 members (excludes halogenated alkanes) is 1. The molecule has 0 aliphatic heterocycles. The molecule has 0 aliphatic carbocycles. The van der Waals surface area contributed by atoms with E-state index in [-0.39, 0.29) is 11.2 Å². The standard InChI is InChI=1S/C14H18FNS/c1-14(2,11-16)9-5-6-10-17-13-8-4-3-7-12(13)15/h3-4,7-8H,5-6,9-10H2,1-2H3. The van der Waals surface area contributed by atoms with Crippen molar-refractivity contribution in [2.75, 3.05) is 5.75 Å². The third-order valence-electron chi connectivity index (χ3n) is 2.59. The number of benzene rings is 1. The summed E-state index contributed by atoms with van der Waals surface area (Å²) < 4.78 is 13.3. The van der Waals surface area contributed by atoms with E-state index in [0.717, 1.165) is 25.0 Å². The molecule has 92 valence electrons. The van der Waals surface area contributed by atoms with Crippen molar-refractivity contribution in [2.45, 2.75) is 38.0 Å². The third-order valence-corrected chi connectivity index (χ3v) is 3.73. The largest absolute Gasteiger partial charge is 0.206 e. The summed E-state index contributed by atoms with van der Waals surface area (Å²) in [7, 11) is 0. The minimum absolute atomic E-state index is 0.144. The SMILES string of the molecule is CC(C)(C#N)CCCCSc1ccccc1F. The van der Waals surface area contributed by atoms with Gasteiger partial charge in [-0.1, -0.05) is 18.6 Å². The average molecular weight is 251 g/mol. The fourth-order valence-corrected chi connectivity index (χ4v) is 2.42. The van der Waals surface area contributed by atoms with Gasteiger partial charge in [0.15, 0.2) is 0 Å². The molecule has 0 bridgehead atoms. The van der Waals surface area contributed by atoms with Gasteiger partial charge in [-0.3, -0.25) is 0 Å². The lowest BCUT2D eigenvalue weighted by Gasteiger charge is -2.14. The topological polar surface area (TPSA) is 23.8 Å². The summed E-state index contributed by atoms with van der Waals surface area (Å²) in [6.45, 7) is 3.91. The minimum Gasteiger partial charge on any atom is -0.206 e. The van der Waals surface area contributed by atoms with Crippen molar-refractivity contribution in [1.29, 1.82) is 5.26 Å². The van der Waals surface area contributed by atoms with Crippen LogP contribution in [0, 0.1) is 22.6 Å². The molecule has 0 spiro atoms. The maximum absolute atomic E-state index is 13.3. The van der Waals surface area contributed by atoms with E-state index < -0.39 is 0 Å². The summed E-state index contributed by atoms with van der Waals surface area (Å²) in [5.41, 5.74) is -0.233. The molecule has 0 aromatic heterocycles. The molecule has 0 unspecified atom stereocenters. The van der Waals surface area contributed by atoms with Gasteiger partial charge in [0, 0.05) is 4.90 Å². The Bertz CT molecular complexity index is 395. The van der Waals surface area contributed by atoms with Crippen molar-refractivity contribution in [3.05, 3.63) is 30.1 Å². The number of halogens is 1. The van der Waals surface area contributed by atoms with Crippen LogP contribution in [0.1, 0.15) is 33.1 Å². The summed E-state index contributed by atoms with van der Waals surface area (Å²) in [6.07, 6.45) is 2.94.